The highest BCUT2D eigenvalue weighted by Gasteiger charge is 2.05. The van der Waals surface area contributed by atoms with Crippen molar-refractivity contribution in [3.63, 3.8) is 0 Å². The Bertz CT molecular complexity index is 764. The number of allylic oxidation sites excluding steroid dienone is 1. The van der Waals surface area contributed by atoms with Crippen molar-refractivity contribution in [3.05, 3.63) is 70.8 Å². The van der Waals surface area contributed by atoms with E-state index in [1.165, 1.54) is 25.3 Å². The highest BCUT2D eigenvalue weighted by Crippen LogP contribution is 2.14. The number of nitrogens with one attached hydrogen (secondary N) is 1. The Morgan fingerprint density at radius 1 is 0.926 bits per heavy atom. The molecule has 0 fully saturated rings. The third-order valence-electron chi connectivity index (χ3n) is 4.26. The molecule has 0 radical (unpaired) electrons. The van der Waals surface area contributed by atoms with Crippen LogP contribution < -0.4 is 5.32 Å². The molecule has 0 aromatic heterocycles. The Kier molecular flexibility index (Phi) is 8.79. The number of carbonyl (C=O) groups is 2. The van der Waals surface area contributed by atoms with Gasteiger partial charge in [0.1, 0.15) is 0 Å². The molecule has 142 valence electrons. The summed E-state index contributed by atoms with van der Waals surface area (Å²) in [5.74, 6) is -0.0630. The van der Waals surface area contributed by atoms with Crippen LogP contribution in [0, 0.1) is 0 Å². The van der Waals surface area contributed by atoms with Gasteiger partial charge in [-0.3, -0.25) is 9.59 Å². The van der Waals surface area contributed by atoms with Gasteiger partial charge < -0.3 is 5.32 Å². The lowest BCUT2D eigenvalue weighted by atomic mass is 10.1. The minimum atomic E-state index is -0.0845. The van der Waals surface area contributed by atoms with Crippen LogP contribution in [0.1, 0.15) is 61.4 Å². The quantitative estimate of drug-likeness (QED) is 0.288. The van der Waals surface area contributed by atoms with Crippen molar-refractivity contribution in [1.29, 1.82) is 0 Å². The standard InChI is InChI=1S/C23H26ClNO2/c1-2-3-4-5-6-7-23(27)25-21-15-11-19(12-16-21)22(26)17-10-18-8-13-20(24)14-9-18/h8-17H,2-7H2,1H3,(H,25,27)/b17-10+. The fourth-order valence-electron chi connectivity index (χ4n) is 2.67. The number of ketones is 1. The van der Waals surface area contributed by atoms with E-state index in [1.807, 2.05) is 12.1 Å². The predicted octanol–water partition coefficient (Wildman–Crippen LogP) is 6.54. The number of hydrogen-bond donors (Lipinski definition) is 1. The second-order valence-electron chi connectivity index (χ2n) is 6.54. The van der Waals surface area contributed by atoms with Crippen molar-refractivity contribution in [2.24, 2.45) is 0 Å². The van der Waals surface area contributed by atoms with E-state index in [0.717, 1.165) is 18.4 Å². The third kappa shape index (κ3) is 7.79. The summed E-state index contributed by atoms with van der Waals surface area (Å²) in [7, 11) is 0. The van der Waals surface area contributed by atoms with Crippen LogP contribution in [0.2, 0.25) is 5.02 Å². The number of hydrogen-bond acceptors (Lipinski definition) is 2. The molecule has 1 amide bonds. The minimum Gasteiger partial charge on any atom is -0.326 e. The highest BCUT2D eigenvalue weighted by atomic mass is 35.5. The molecule has 0 saturated heterocycles. The molecule has 0 aliphatic heterocycles. The molecule has 2 aromatic carbocycles. The molecule has 0 bridgehead atoms. The zero-order valence-electron chi connectivity index (χ0n) is 15.7. The molecule has 3 nitrogen and oxygen atoms in total. The van der Waals surface area contributed by atoms with Crippen LogP contribution >= 0.6 is 11.6 Å². The van der Waals surface area contributed by atoms with Crippen LogP contribution in [-0.4, -0.2) is 11.7 Å². The zero-order valence-corrected chi connectivity index (χ0v) is 16.5. The summed E-state index contributed by atoms with van der Waals surface area (Å²) in [6, 6.07) is 14.3. The van der Waals surface area contributed by atoms with Gasteiger partial charge in [0.05, 0.1) is 0 Å². The fraction of sp³-hybridized carbons (Fsp3) is 0.304. The molecule has 2 rings (SSSR count). The first-order chi connectivity index (χ1) is 13.1. The summed E-state index contributed by atoms with van der Waals surface area (Å²) >= 11 is 5.85. The minimum absolute atomic E-state index is 0.0215. The highest BCUT2D eigenvalue weighted by molar-refractivity contribution is 6.30. The van der Waals surface area contributed by atoms with Crippen molar-refractivity contribution in [2.75, 3.05) is 5.32 Å². The number of amides is 1. The first-order valence-electron chi connectivity index (χ1n) is 9.46. The van der Waals surface area contributed by atoms with Crippen molar-refractivity contribution < 1.29 is 9.59 Å². The average molecular weight is 384 g/mol. The molecule has 0 aliphatic carbocycles. The van der Waals surface area contributed by atoms with Gasteiger partial charge in [-0.15, -0.1) is 0 Å². The Balaban J connectivity index is 1.82. The predicted molar refractivity (Wildman–Crippen MR) is 113 cm³/mol. The summed E-state index contributed by atoms with van der Waals surface area (Å²) in [6.45, 7) is 2.18. The summed E-state index contributed by atoms with van der Waals surface area (Å²) in [5, 5.41) is 3.55. The Morgan fingerprint density at radius 2 is 1.59 bits per heavy atom. The lowest BCUT2D eigenvalue weighted by Crippen LogP contribution is -2.11. The van der Waals surface area contributed by atoms with Gasteiger partial charge in [0.2, 0.25) is 5.91 Å². The van der Waals surface area contributed by atoms with E-state index in [9.17, 15) is 9.59 Å². The van der Waals surface area contributed by atoms with Crippen molar-refractivity contribution >= 4 is 35.1 Å². The topological polar surface area (TPSA) is 46.2 Å². The average Bonchev–Trinajstić information content (AvgIpc) is 2.68. The maximum absolute atomic E-state index is 12.2. The zero-order chi connectivity index (χ0) is 19.5. The van der Waals surface area contributed by atoms with Crippen LogP contribution in [0.25, 0.3) is 6.08 Å². The van der Waals surface area contributed by atoms with Crippen molar-refractivity contribution in [2.45, 2.75) is 45.4 Å². The van der Waals surface area contributed by atoms with Gasteiger partial charge in [0.25, 0.3) is 0 Å². The smallest absolute Gasteiger partial charge is 0.224 e. The van der Waals surface area contributed by atoms with E-state index >= 15 is 0 Å². The summed E-state index contributed by atoms with van der Waals surface area (Å²) in [6.07, 6.45) is 9.45. The normalized spacial score (nSPS) is 10.9. The first kappa shape index (κ1) is 20.9. The number of anilines is 1. The van der Waals surface area contributed by atoms with Crippen LogP contribution in [0.5, 0.6) is 0 Å². The molecule has 0 spiro atoms. The summed E-state index contributed by atoms with van der Waals surface area (Å²) in [5.41, 5.74) is 2.21. The van der Waals surface area contributed by atoms with Crippen LogP contribution in [0.15, 0.2) is 54.6 Å². The molecule has 1 N–H and O–H groups in total. The monoisotopic (exact) mass is 383 g/mol. The SMILES string of the molecule is CCCCCCCC(=O)Nc1ccc(C(=O)/C=C/c2ccc(Cl)cc2)cc1. The number of benzene rings is 2. The van der Waals surface area contributed by atoms with Gasteiger partial charge in [-0.05, 0) is 54.5 Å². The van der Waals surface area contributed by atoms with Gasteiger partial charge in [-0.1, -0.05) is 62.4 Å². The van der Waals surface area contributed by atoms with E-state index in [2.05, 4.69) is 12.2 Å². The van der Waals surface area contributed by atoms with E-state index < -0.39 is 0 Å². The maximum atomic E-state index is 12.2. The van der Waals surface area contributed by atoms with Gasteiger partial charge in [-0.25, -0.2) is 0 Å². The number of rotatable bonds is 10. The number of unbranched alkanes of at least 4 members (excludes halogenated alkanes) is 4. The van der Waals surface area contributed by atoms with Gasteiger partial charge in [0, 0.05) is 22.7 Å². The second kappa shape index (κ2) is 11.3. The Hall–Kier alpha value is -2.39. The molecule has 0 aliphatic rings. The third-order valence-corrected chi connectivity index (χ3v) is 4.51. The lowest BCUT2D eigenvalue weighted by molar-refractivity contribution is -0.116. The molecule has 2 aromatic rings. The fourth-order valence-corrected chi connectivity index (χ4v) is 2.80. The Morgan fingerprint density at radius 3 is 2.26 bits per heavy atom. The van der Waals surface area contributed by atoms with E-state index in [-0.39, 0.29) is 11.7 Å². The van der Waals surface area contributed by atoms with E-state index in [1.54, 1.807) is 42.5 Å². The molecular weight excluding hydrogens is 358 g/mol. The molecule has 27 heavy (non-hydrogen) atoms. The first-order valence-corrected chi connectivity index (χ1v) is 9.84. The molecule has 4 heteroatoms. The molecule has 0 heterocycles. The van der Waals surface area contributed by atoms with Crippen LogP contribution in [0.4, 0.5) is 5.69 Å². The van der Waals surface area contributed by atoms with Crippen molar-refractivity contribution in [1.82, 2.24) is 0 Å². The summed E-state index contributed by atoms with van der Waals surface area (Å²) in [4.78, 5) is 24.2. The maximum Gasteiger partial charge on any atom is 0.224 e. The second-order valence-corrected chi connectivity index (χ2v) is 6.98. The van der Waals surface area contributed by atoms with Crippen LogP contribution in [0.3, 0.4) is 0 Å². The Labute approximate surface area is 166 Å². The van der Waals surface area contributed by atoms with Gasteiger partial charge in [0.15, 0.2) is 5.78 Å². The molecule has 0 unspecified atom stereocenters. The van der Waals surface area contributed by atoms with Crippen molar-refractivity contribution in [3.8, 4) is 0 Å². The van der Waals surface area contributed by atoms with E-state index in [4.69, 9.17) is 11.6 Å². The molecule has 0 saturated carbocycles. The number of halogens is 1. The largest absolute Gasteiger partial charge is 0.326 e. The molecule has 0 atom stereocenters. The lowest BCUT2D eigenvalue weighted by Gasteiger charge is -2.06. The number of carbonyl (C=O) groups excluding carboxylic acids is 2. The summed E-state index contributed by atoms with van der Waals surface area (Å²) < 4.78 is 0. The van der Waals surface area contributed by atoms with Gasteiger partial charge >= 0.3 is 0 Å². The molecular formula is C23H26ClNO2. The van der Waals surface area contributed by atoms with Gasteiger partial charge in [-0.2, -0.15) is 0 Å². The van der Waals surface area contributed by atoms with E-state index in [0.29, 0.717) is 22.7 Å². The van der Waals surface area contributed by atoms with Crippen LogP contribution in [-0.2, 0) is 4.79 Å².